The van der Waals surface area contributed by atoms with Crippen LogP contribution in [0.3, 0.4) is 0 Å². The number of halogens is 3. The van der Waals surface area contributed by atoms with Gasteiger partial charge in [0.2, 0.25) is 0 Å². The fraction of sp³-hybridized carbons (Fsp3) is 0.0667. The fourth-order valence-corrected chi connectivity index (χ4v) is 2.60. The van der Waals surface area contributed by atoms with Crippen molar-refractivity contribution in [1.82, 2.24) is 4.98 Å². The minimum atomic E-state index is -4.51. The number of aliphatic carboxylic acids is 1. The number of carboxylic acids is 1. The number of alkyl halides is 3. The largest absolute Gasteiger partial charge is 0.478 e. The van der Waals surface area contributed by atoms with Crippen LogP contribution in [0.15, 0.2) is 52.5 Å². The Morgan fingerprint density at radius 1 is 1.28 bits per heavy atom. The van der Waals surface area contributed by atoms with Gasteiger partial charge in [-0.3, -0.25) is 10.1 Å². The highest BCUT2D eigenvalue weighted by Gasteiger charge is 2.30. The minimum absolute atomic E-state index is 0.157. The van der Waals surface area contributed by atoms with Crippen LogP contribution in [0.1, 0.15) is 11.1 Å². The van der Waals surface area contributed by atoms with Crippen LogP contribution in [-0.4, -0.2) is 21.0 Å². The number of hydrogen-bond donors (Lipinski definition) is 1. The molecule has 0 amide bonds. The molecule has 0 saturated heterocycles. The van der Waals surface area contributed by atoms with Crippen LogP contribution in [0.5, 0.6) is 0 Å². The van der Waals surface area contributed by atoms with E-state index in [2.05, 4.69) is 4.98 Å². The van der Waals surface area contributed by atoms with Crippen LogP contribution in [0.4, 0.5) is 18.9 Å². The average Bonchev–Trinajstić information content (AvgIpc) is 2.53. The summed E-state index contributed by atoms with van der Waals surface area (Å²) in [7, 11) is 0. The summed E-state index contributed by atoms with van der Waals surface area (Å²) in [6, 6.07) is 5.97. The third-order valence-electron chi connectivity index (χ3n) is 2.88. The number of benzene rings is 1. The molecule has 130 valence electrons. The molecule has 0 aliphatic heterocycles. The van der Waals surface area contributed by atoms with Gasteiger partial charge in [0.15, 0.2) is 0 Å². The number of nitro groups is 1. The number of nitrogens with zero attached hydrogens (tertiary/aromatic N) is 2. The van der Waals surface area contributed by atoms with E-state index in [4.69, 9.17) is 5.11 Å². The topological polar surface area (TPSA) is 93.3 Å². The van der Waals surface area contributed by atoms with Crippen molar-refractivity contribution in [2.45, 2.75) is 16.1 Å². The van der Waals surface area contributed by atoms with Crippen molar-refractivity contribution < 1.29 is 28.0 Å². The number of carboxylic acid groups (broad SMARTS) is 1. The Morgan fingerprint density at radius 3 is 2.52 bits per heavy atom. The Kier molecular flexibility index (Phi) is 5.42. The minimum Gasteiger partial charge on any atom is -0.478 e. The zero-order valence-corrected chi connectivity index (χ0v) is 13.0. The highest BCUT2D eigenvalue weighted by atomic mass is 32.2. The van der Waals surface area contributed by atoms with Crippen LogP contribution >= 0.6 is 11.8 Å². The number of pyridine rings is 1. The summed E-state index contributed by atoms with van der Waals surface area (Å²) < 4.78 is 37.5. The molecule has 2 aromatic rings. The summed E-state index contributed by atoms with van der Waals surface area (Å²) in [4.78, 5) is 24.8. The molecule has 0 radical (unpaired) electrons. The van der Waals surface area contributed by atoms with E-state index in [0.29, 0.717) is 11.8 Å². The van der Waals surface area contributed by atoms with E-state index in [0.717, 1.165) is 30.0 Å². The zero-order chi connectivity index (χ0) is 18.6. The third-order valence-corrected chi connectivity index (χ3v) is 3.89. The molecule has 0 unspecified atom stereocenters. The van der Waals surface area contributed by atoms with Gasteiger partial charge in [0, 0.05) is 18.3 Å². The van der Waals surface area contributed by atoms with Gasteiger partial charge in [0.05, 0.1) is 15.4 Å². The van der Waals surface area contributed by atoms with Gasteiger partial charge in [-0.05, 0) is 29.8 Å². The van der Waals surface area contributed by atoms with E-state index in [-0.39, 0.29) is 15.6 Å². The monoisotopic (exact) mass is 370 g/mol. The Morgan fingerprint density at radius 2 is 2.00 bits per heavy atom. The van der Waals surface area contributed by atoms with Crippen molar-refractivity contribution in [3.05, 3.63) is 63.8 Å². The maximum atomic E-state index is 12.5. The number of hydrogen-bond acceptors (Lipinski definition) is 5. The molecule has 0 spiro atoms. The summed E-state index contributed by atoms with van der Waals surface area (Å²) in [5.41, 5.74) is -0.918. The number of aromatic nitrogens is 1. The van der Waals surface area contributed by atoms with E-state index in [1.54, 1.807) is 0 Å². The van der Waals surface area contributed by atoms with Crippen LogP contribution < -0.4 is 0 Å². The number of carbonyl (C=O) groups is 1. The van der Waals surface area contributed by atoms with Gasteiger partial charge < -0.3 is 5.11 Å². The van der Waals surface area contributed by atoms with Crippen molar-refractivity contribution in [2.24, 2.45) is 0 Å². The SMILES string of the molecule is O=C(O)/C=C/c1ccc(Sc2ccc(C(F)(F)F)cn2)c([N+](=O)[O-])c1. The van der Waals surface area contributed by atoms with Gasteiger partial charge in [-0.25, -0.2) is 9.78 Å². The van der Waals surface area contributed by atoms with Gasteiger partial charge in [-0.2, -0.15) is 13.2 Å². The molecule has 2 rings (SSSR count). The molecule has 0 fully saturated rings. The Hall–Kier alpha value is -2.88. The lowest BCUT2D eigenvalue weighted by molar-refractivity contribution is -0.387. The molecular formula is C15H9F3N2O4S. The molecule has 10 heteroatoms. The van der Waals surface area contributed by atoms with Gasteiger partial charge in [0.1, 0.15) is 5.03 Å². The summed E-state index contributed by atoms with van der Waals surface area (Å²) in [5.74, 6) is -1.20. The third kappa shape index (κ3) is 5.05. The quantitative estimate of drug-likeness (QED) is 0.480. The van der Waals surface area contributed by atoms with Gasteiger partial charge in [0.25, 0.3) is 5.69 Å². The molecule has 0 bridgehead atoms. The van der Waals surface area contributed by atoms with Gasteiger partial charge in [-0.15, -0.1) is 0 Å². The Labute approximate surface area is 143 Å². The van der Waals surface area contributed by atoms with Crippen molar-refractivity contribution in [2.75, 3.05) is 0 Å². The summed E-state index contributed by atoms with van der Waals surface area (Å²) >= 11 is 0.834. The van der Waals surface area contributed by atoms with E-state index in [9.17, 15) is 28.1 Å². The fourth-order valence-electron chi connectivity index (χ4n) is 1.76. The van der Waals surface area contributed by atoms with Crippen molar-refractivity contribution in [1.29, 1.82) is 0 Å². The second-order valence-electron chi connectivity index (χ2n) is 4.64. The highest BCUT2D eigenvalue weighted by Crippen LogP contribution is 2.36. The summed E-state index contributed by atoms with van der Waals surface area (Å²) in [6.45, 7) is 0. The normalized spacial score (nSPS) is 11.6. The molecule has 0 atom stereocenters. The van der Waals surface area contributed by atoms with Crippen LogP contribution in [0, 0.1) is 10.1 Å². The molecule has 1 N–H and O–H groups in total. The van der Waals surface area contributed by atoms with E-state index in [1.807, 2.05) is 0 Å². The molecule has 1 aromatic heterocycles. The first-order valence-corrected chi connectivity index (χ1v) is 7.39. The van der Waals surface area contributed by atoms with Gasteiger partial charge in [-0.1, -0.05) is 17.8 Å². The highest BCUT2D eigenvalue weighted by molar-refractivity contribution is 7.99. The first-order chi connectivity index (χ1) is 11.7. The van der Waals surface area contributed by atoms with E-state index >= 15 is 0 Å². The smallest absolute Gasteiger partial charge is 0.417 e. The molecule has 25 heavy (non-hydrogen) atoms. The lowest BCUT2D eigenvalue weighted by atomic mass is 10.2. The second kappa shape index (κ2) is 7.34. The van der Waals surface area contributed by atoms with Crippen molar-refractivity contribution in [3.63, 3.8) is 0 Å². The summed E-state index contributed by atoms with van der Waals surface area (Å²) in [6.07, 6.45) is -1.83. The summed E-state index contributed by atoms with van der Waals surface area (Å²) in [5, 5.41) is 19.9. The van der Waals surface area contributed by atoms with Crippen LogP contribution in [-0.2, 0) is 11.0 Å². The first-order valence-electron chi connectivity index (χ1n) is 6.57. The molecule has 0 aliphatic rings. The second-order valence-corrected chi connectivity index (χ2v) is 5.70. The lowest BCUT2D eigenvalue weighted by Gasteiger charge is -2.07. The maximum Gasteiger partial charge on any atom is 0.417 e. The average molecular weight is 370 g/mol. The Bertz CT molecular complexity index is 836. The predicted molar refractivity (Wildman–Crippen MR) is 83.1 cm³/mol. The first kappa shape index (κ1) is 18.5. The van der Waals surface area contributed by atoms with Crippen LogP contribution in [0.25, 0.3) is 6.08 Å². The van der Waals surface area contributed by atoms with E-state index < -0.39 is 22.6 Å². The lowest BCUT2D eigenvalue weighted by Crippen LogP contribution is -2.05. The standard InChI is InChI=1S/C15H9F3N2O4S/c16-15(17,18)10-3-5-13(19-8-10)25-12-4-1-9(2-6-14(21)22)7-11(12)20(23)24/h1-8H,(H,21,22)/b6-2+. The molecular weight excluding hydrogens is 361 g/mol. The molecule has 0 aliphatic carbocycles. The molecule has 0 saturated carbocycles. The Balaban J connectivity index is 2.29. The van der Waals surface area contributed by atoms with E-state index in [1.165, 1.54) is 24.3 Å². The number of nitro benzene ring substituents is 1. The number of rotatable bonds is 5. The van der Waals surface area contributed by atoms with Crippen molar-refractivity contribution >= 4 is 29.5 Å². The van der Waals surface area contributed by atoms with Crippen molar-refractivity contribution in [3.8, 4) is 0 Å². The molecule has 6 nitrogen and oxygen atoms in total. The predicted octanol–water partition coefficient (Wildman–Crippen LogP) is 4.26. The van der Waals surface area contributed by atoms with Crippen LogP contribution in [0.2, 0.25) is 0 Å². The van der Waals surface area contributed by atoms with Gasteiger partial charge >= 0.3 is 12.1 Å². The maximum absolute atomic E-state index is 12.5. The molecule has 1 aromatic carbocycles. The molecule has 1 heterocycles. The zero-order valence-electron chi connectivity index (χ0n) is 12.2.